The number of halogens is 1. The smallest absolute Gasteiger partial charge is 0.224 e. The lowest BCUT2D eigenvalue weighted by molar-refractivity contribution is -0.120. The summed E-state index contributed by atoms with van der Waals surface area (Å²) < 4.78 is 13.0. The van der Waals surface area contributed by atoms with Gasteiger partial charge in [-0.2, -0.15) is 0 Å². The zero-order valence-electron chi connectivity index (χ0n) is 12.6. The second-order valence-electron chi connectivity index (χ2n) is 4.91. The summed E-state index contributed by atoms with van der Waals surface area (Å²) in [5, 5.41) is 5.67. The van der Waals surface area contributed by atoms with Crippen LogP contribution >= 0.6 is 0 Å². The first-order valence-corrected chi connectivity index (χ1v) is 7.26. The van der Waals surface area contributed by atoms with E-state index in [1.165, 1.54) is 12.1 Å². The summed E-state index contributed by atoms with van der Waals surface area (Å²) >= 11 is 0. The number of rotatable bonds is 6. The van der Waals surface area contributed by atoms with E-state index in [4.69, 9.17) is 5.73 Å². The number of aliphatic imine (C=N–C) groups is 1. The van der Waals surface area contributed by atoms with Crippen molar-refractivity contribution in [2.75, 3.05) is 18.4 Å². The Labute approximate surface area is 134 Å². The van der Waals surface area contributed by atoms with Crippen LogP contribution in [-0.2, 0) is 11.2 Å². The van der Waals surface area contributed by atoms with Crippen LogP contribution in [-0.4, -0.2) is 25.0 Å². The molecule has 2 aromatic carbocycles. The van der Waals surface area contributed by atoms with Crippen LogP contribution < -0.4 is 16.4 Å². The molecule has 4 N–H and O–H groups in total. The molecule has 0 bridgehead atoms. The topological polar surface area (TPSA) is 79.5 Å². The Morgan fingerprint density at radius 2 is 1.91 bits per heavy atom. The number of benzene rings is 2. The molecule has 2 rings (SSSR count). The molecule has 0 aliphatic heterocycles. The second kappa shape index (κ2) is 8.53. The fourth-order valence-corrected chi connectivity index (χ4v) is 1.98. The van der Waals surface area contributed by atoms with Gasteiger partial charge < -0.3 is 16.4 Å². The van der Waals surface area contributed by atoms with E-state index in [2.05, 4.69) is 15.6 Å². The zero-order chi connectivity index (χ0) is 16.5. The number of nitrogens with one attached hydrogen (secondary N) is 2. The number of guanidine groups is 1. The summed E-state index contributed by atoms with van der Waals surface area (Å²) in [6.45, 7) is 0.728. The van der Waals surface area contributed by atoms with Gasteiger partial charge in [-0.05, 0) is 29.8 Å². The molecule has 0 saturated carbocycles. The minimum absolute atomic E-state index is 0.138. The first-order chi connectivity index (χ1) is 11.1. The van der Waals surface area contributed by atoms with Crippen molar-refractivity contribution in [2.24, 2.45) is 10.7 Å². The van der Waals surface area contributed by atoms with Crippen LogP contribution in [0.25, 0.3) is 0 Å². The van der Waals surface area contributed by atoms with Gasteiger partial charge in [-0.15, -0.1) is 0 Å². The van der Waals surface area contributed by atoms with Gasteiger partial charge in [-0.1, -0.05) is 30.3 Å². The number of amides is 1. The summed E-state index contributed by atoms with van der Waals surface area (Å²) in [5.74, 6) is -0.240. The average molecular weight is 314 g/mol. The molecule has 0 spiro atoms. The van der Waals surface area contributed by atoms with Crippen LogP contribution in [0.5, 0.6) is 0 Å². The van der Waals surface area contributed by atoms with Crippen molar-refractivity contribution >= 4 is 17.6 Å². The molecule has 0 aliphatic rings. The Bertz CT molecular complexity index is 673. The second-order valence-corrected chi connectivity index (χ2v) is 4.91. The van der Waals surface area contributed by atoms with Gasteiger partial charge in [-0.25, -0.2) is 4.39 Å². The molecular formula is C17H19FN4O. The van der Waals surface area contributed by atoms with Crippen LogP contribution in [0.3, 0.4) is 0 Å². The van der Waals surface area contributed by atoms with Gasteiger partial charge in [0.1, 0.15) is 5.82 Å². The van der Waals surface area contributed by atoms with E-state index >= 15 is 0 Å². The molecule has 120 valence electrons. The summed E-state index contributed by atoms with van der Waals surface area (Å²) in [5.41, 5.74) is 7.23. The molecule has 6 heteroatoms. The third-order valence-electron chi connectivity index (χ3n) is 3.02. The zero-order valence-corrected chi connectivity index (χ0v) is 12.6. The van der Waals surface area contributed by atoms with Gasteiger partial charge in [0.05, 0.1) is 13.0 Å². The largest absolute Gasteiger partial charge is 0.370 e. The molecule has 0 radical (unpaired) electrons. The molecule has 0 unspecified atom stereocenters. The maximum atomic E-state index is 13.0. The van der Waals surface area contributed by atoms with Crippen molar-refractivity contribution in [1.82, 2.24) is 5.32 Å². The lowest BCUT2D eigenvalue weighted by atomic mass is 10.1. The molecule has 0 heterocycles. The van der Waals surface area contributed by atoms with E-state index in [9.17, 15) is 9.18 Å². The van der Waals surface area contributed by atoms with E-state index in [0.29, 0.717) is 18.7 Å². The monoisotopic (exact) mass is 314 g/mol. The SMILES string of the molecule is NC(=NCCNC(=O)Cc1cccc(F)c1)Nc1ccccc1. The third kappa shape index (κ3) is 6.17. The predicted molar refractivity (Wildman–Crippen MR) is 89.7 cm³/mol. The minimum atomic E-state index is -0.348. The van der Waals surface area contributed by atoms with Crippen LogP contribution in [0.2, 0.25) is 0 Å². The number of carbonyl (C=O) groups is 1. The number of anilines is 1. The number of nitrogens with two attached hydrogens (primary N) is 1. The molecule has 5 nitrogen and oxygen atoms in total. The average Bonchev–Trinajstić information content (AvgIpc) is 2.52. The standard InChI is InChI=1S/C17H19FN4O/c18-14-6-4-5-13(11-14)12-16(23)20-9-10-21-17(19)22-15-7-2-1-3-8-15/h1-8,11H,9-10,12H2,(H,20,23)(H3,19,21,22). The lowest BCUT2D eigenvalue weighted by Gasteiger charge is -2.06. The maximum Gasteiger partial charge on any atom is 0.224 e. The Hall–Kier alpha value is -2.89. The Kier molecular flexibility index (Phi) is 6.11. The van der Waals surface area contributed by atoms with Gasteiger partial charge in [0.15, 0.2) is 5.96 Å². The van der Waals surface area contributed by atoms with Crippen molar-refractivity contribution in [3.8, 4) is 0 Å². The van der Waals surface area contributed by atoms with Gasteiger partial charge in [0.25, 0.3) is 0 Å². The molecule has 23 heavy (non-hydrogen) atoms. The molecule has 0 atom stereocenters. The van der Waals surface area contributed by atoms with Crippen LogP contribution in [0.1, 0.15) is 5.56 Å². The number of nitrogens with zero attached hydrogens (tertiary/aromatic N) is 1. The summed E-state index contributed by atoms with van der Waals surface area (Å²) in [6.07, 6.45) is 0.138. The first kappa shape index (κ1) is 16.5. The van der Waals surface area contributed by atoms with Crippen molar-refractivity contribution in [1.29, 1.82) is 0 Å². The van der Waals surface area contributed by atoms with Crippen LogP contribution in [0.15, 0.2) is 59.6 Å². The lowest BCUT2D eigenvalue weighted by Crippen LogP contribution is -2.29. The normalized spacial score (nSPS) is 11.1. The van der Waals surface area contributed by atoms with E-state index in [-0.39, 0.29) is 24.1 Å². The van der Waals surface area contributed by atoms with Crippen molar-refractivity contribution < 1.29 is 9.18 Å². The van der Waals surface area contributed by atoms with E-state index < -0.39 is 0 Å². The highest BCUT2D eigenvalue weighted by atomic mass is 19.1. The van der Waals surface area contributed by atoms with Crippen molar-refractivity contribution in [3.63, 3.8) is 0 Å². The molecule has 0 saturated heterocycles. The maximum absolute atomic E-state index is 13.0. The number of hydrogen-bond donors (Lipinski definition) is 3. The van der Waals surface area contributed by atoms with Gasteiger partial charge in [-0.3, -0.25) is 9.79 Å². The Morgan fingerprint density at radius 1 is 1.13 bits per heavy atom. The van der Waals surface area contributed by atoms with Gasteiger partial charge in [0, 0.05) is 12.2 Å². The fraction of sp³-hybridized carbons (Fsp3) is 0.176. The highest BCUT2D eigenvalue weighted by molar-refractivity contribution is 5.92. The Balaban J connectivity index is 1.70. The molecule has 0 fully saturated rings. The molecule has 2 aromatic rings. The van der Waals surface area contributed by atoms with E-state index in [1.807, 2.05) is 30.3 Å². The molecular weight excluding hydrogens is 295 g/mol. The van der Waals surface area contributed by atoms with E-state index in [0.717, 1.165) is 5.69 Å². The number of carbonyl (C=O) groups excluding carboxylic acids is 1. The van der Waals surface area contributed by atoms with Gasteiger partial charge in [0.2, 0.25) is 5.91 Å². The fourth-order valence-electron chi connectivity index (χ4n) is 1.98. The third-order valence-corrected chi connectivity index (χ3v) is 3.02. The van der Waals surface area contributed by atoms with Crippen LogP contribution in [0.4, 0.5) is 10.1 Å². The summed E-state index contributed by atoms with van der Waals surface area (Å²) in [7, 11) is 0. The quantitative estimate of drug-likeness (QED) is 0.433. The highest BCUT2D eigenvalue weighted by Gasteiger charge is 2.03. The highest BCUT2D eigenvalue weighted by Crippen LogP contribution is 2.04. The van der Waals surface area contributed by atoms with Gasteiger partial charge >= 0.3 is 0 Å². The van der Waals surface area contributed by atoms with Crippen molar-refractivity contribution in [3.05, 3.63) is 66.0 Å². The van der Waals surface area contributed by atoms with Crippen molar-refractivity contribution in [2.45, 2.75) is 6.42 Å². The van der Waals surface area contributed by atoms with E-state index in [1.54, 1.807) is 12.1 Å². The molecule has 0 aromatic heterocycles. The molecule has 1 amide bonds. The number of para-hydroxylation sites is 1. The first-order valence-electron chi connectivity index (χ1n) is 7.26. The Morgan fingerprint density at radius 3 is 2.65 bits per heavy atom. The summed E-state index contributed by atoms with van der Waals surface area (Å²) in [6, 6.07) is 15.4. The number of hydrogen-bond acceptors (Lipinski definition) is 2. The summed E-state index contributed by atoms with van der Waals surface area (Å²) in [4.78, 5) is 15.9. The minimum Gasteiger partial charge on any atom is -0.370 e. The molecule has 0 aliphatic carbocycles. The predicted octanol–water partition coefficient (Wildman–Crippen LogP) is 1.91. The van der Waals surface area contributed by atoms with Crippen LogP contribution in [0, 0.1) is 5.82 Å².